The Hall–Kier alpha value is -0.650. The van der Waals surface area contributed by atoms with E-state index < -0.39 is 0 Å². The molecule has 1 heterocycles. The minimum absolute atomic E-state index is 0. The lowest BCUT2D eigenvalue weighted by atomic mass is 10.2. The molecule has 0 fully saturated rings. The third-order valence-electron chi connectivity index (χ3n) is 2.21. The van der Waals surface area contributed by atoms with Gasteiger partial charge < -0.3 is 12.4 Å². The Balaban J connectivity index is 0.00000162. The van der Waals surface area contributed by atoms with Gasteiger partial charge in [-0.25, -0.2) is 9.58 Å². The van der Waals surface area contributed by atoms with Gasteiger partial charge in [-0.15, -0.1) is 11.3 Å². The van der Waals surface area contributed by atoms with Crippen LogP contribution in [0.5, 0.6) is 0 Å². The fourth-order valence-electron chi connectivity index (χ4n) is 1.52. The SMILES string of the molecule is C[N+](C)(N)Cc1csc(-c2ccc(Cl)cc2)n1.[Cl-]. The van der Waals surface area contributed by atoms with Gasteiger partial charge in [0.25, 0.3) is 0 Å². The van der Waals surface area contributed by atoms with Crippen LogP contribution in [0.15, 0.2) is 29.6 Å². The van der Waals surface area contributed by atoms with Crippen molar-refractivity contribution >= 4 is 22.9 Å². The first-order chi connectivity index (χ1) is 7.94. The van der Waals surface area contributed by atoms with Crippen LogP contribution in [-0.2, 0) is 6.54 Å². The highest BCUT2D eigenvalue weighted by Crippen LogP contribution is 2.25. The van der Waals surface area contributed by atoms with Gasteiger partial charge in [0.1, 0.15) is 17.2 Å². The molecule has 0 atom stereocenters. The highest BCUT2D eigenvalue weighted by molar-refractivity contribution is 7.13. The van der Waals surface area contributed by atoms with Crippen LogP contribution in [0.1, 0.15) is 5.69 Å². The van der Waals surface area contributed by atoms with E-state index in [2.05, 4.69) is 10.4 Å². The van der Waals surface area contributed by atoms with E-state index in [1.165, 1.54) is 0 Å². The number of thiazole rings is 1. The Morgan fingerprint density at radius 2 is 1.89 bits per heavy atom. The fraction of sp³-hybridized carbons (Fsp3) is 0.250. The van der Waals surface area contributed by atoms with Gasteiger partial charge in [-0.3, -0.25) is 0 Å². The normalized spacial score (nSPS) is 11.1. The second-order valence-corrected chi connectivity index (χ2v) is 5.88. The van der Waals surface area contributed by atoms with Crippen LogP contribution in [0.2, 0.25) is 5.02 Å². The van der Waals surface area contributed by atoms with Crippen LogP contribution in [0.4, 0.5) is 0 Å². The quantitative estimate of drug-likeness (QED) is 0.489. The Morgan fingerprint density at radius 3 is 2.44 bits per heavy atom. The zero-order valence-corrected chi connectivity index (χ0v) is 12.6. The smallest absolute Gasteiger partial charge is 0.139 e. The second-order valence-electron chi connectivity index (χ2n) is 4.59. The molecule has 1 aromatic heterocycles. The molecule has 2 aromatic rings. The number of aromatic nitrogens is 1. The molecule has 2 rings (SSSR count). The van der Waals surface area contributed by atoms with Gasteiger partial charge in [0.05, 0.1) is 14.1 Å². The van der Waals surface area contributed by atoms with Crippen LogP contribution >= 0.6 is 22.9 Å². The van der Waals surface area contributed by atoms with Gasteiger partial charge in [0, 0.05) is 16.0 Å². The van der Waals surface area contributed by atoms with Crippen LogP contribution in [0.25, 0.3) is 10.6 Å². The van der Waals surface area contributed by atoms with Crippen molar-refractivity contribution in [2.75, 3.05) is 14.1 Å². The zero-order chi connectivity index (χ0) is 12.5. The molecule has 6 heteroatoms. The monoisotopic (exact) mass is 303 g/mol. The summed E-state index contributed by atoms with van der Waals surface area (Å²) in [6.07, 6.45) is 0. The van der Waals surface area contributed by atoms with Gasteiger partial charge in [0.15, 0.2) is 0 Å². The molecule has 0 radical (unpaired) electrons. The van der Waals surface area contributed by atoms with Crippen LogP contribution < -0.4 is 18.2 Å². The number of hydrogen-bond donors (Lipinski definition) is 1. The van der Waals surface area contributed by atoms with Crippen molar-refractivity contribution in [2.24, 2.45) is 5.84 Å². The van der Waals surface area contributed by atoms with Gasteiger partial charge in [-0.2, -0.15) is 5.84 Å². The molecule has 98 valence electrons. The summed E-state index contributed by atoms with van der Waals surface area (Å²) >= 11 is 7.48. The van der Waals surface area contributed by atoms with E-state index in [9.17, 15) is 0 Å². The minimum atomic E-state index is 0. The number of rotatable bonds is 3. The van der Waals surface area contributed by atoms with Crippen molar-refractivity contribution < 1.29 is 17.0 Å². The number of benzene rings is 1. The van der Waals surface area contributed by atoms with Crippen molar-refractivity contribution in [1.29, 1.82) is 0 Å². The molecule has 2 N–H and O–H groups in total. The molecule has 0 saturated heterocycles. The summed E-state index contributed by atoms with van der Waals surface area (Å²) in [6, 6.07) is 7.71. The van der Waals surface area contributed by atoms with Crippen molar-refractivity contribution in [1.82, 2.24) is 4.98 Å². The topological polar surface area (TPSA) is 38.9 Å². The van der Waals surface area contributed by atoms with Crippen molar-refractivity contribution in [3.05, 3.63) is 40.4 Å². The maximum atomic E-state index is 5.92. The molecule has 18 heavy (non-hydrogen) atoms. The van der Waals surface area contributed by atoms with Crippen LogP contribution in [0.3, 0.4) is 0 Å². The highest BCUT2D eigenvalue weighted by Gasteiger charge is 2.13. The molecule has 0 aliphatic carbocycles. The molecule has 0 saturated carbocycles. The first-order valence-corrected chi connectivity index (χ1v) is 6.52. The largest absolute Gasteiger partial charge is 1.00 e. The summed E-state index contributed by atoms with van der Waals surface area (Å²) in [4.78, 5) is 4.58. The number of halogens is 2. The zero-order valence-electron chi connectivity index (χ0n) is 10.2. The molecule has 0 aliphatic rings. The summed E-state index contributed by atoms with van der Waals surface area (Å²) in [6.45, 7) is 0.726. The molecule has 0 bridgehead atoms. The van der Waals surface area contributed by atoms with Crippen LogP contribution in [-0.4, -0.2) is 23.7 Å². The lowest BCUT2D eigenvalue weighted by Crippen LogP contribution is -3.00. The first kappa shape index (κ1) is 15.4. The van der Waals surface area contributed by atoms with E-state index in [1.54, 1.807) is 11.3 Å². The first-order valence-electron chi connectivity index (χ1n) is 5.26. The molecule has 1 aromatic carbocycles. The van der Waals surface area contributed by atoms with Crippen molar-refractivity contribution in [3.63, 3.8) is 0 Å². The summed E-state index contributed by atoms with van der Waals surface area (Å²) < 4.78 is 0.393. The fourth-order valence-corrected chi connectivity index (χ4v) is 2.47. The number of nitrogens with zero attached hydrogens (tertiary/aromatic N) is 2. The van der Waals surface area contributed by atoms with Crippen molar-refractivity contribution in [3.8, 4) is 10.6 Å². The van der Waals surface area contributed by atoms with Gasteiger partial charge in [-0.1, -0.05) is 23.7 Å². The molecule has 0 spiro atoms. The molecule has 0 unspecified atom stereocenters. The third kappa shape index (κ3) is 4.23. The van der Waals surface area contributed by atoms with Gasteiger partial charge in [-0.05, 0) is 12.1 Å². The summed E-state index contributed by atoms with van der Waals surface area (Å²) in [5.74, 6) is 5.92. The molecule has 3 nitrogen and oxygen atoms in total. The standard InChI is InChI=1S/C12H15ClN3S.ClH/c1-16(2,14)7-11-8-17-12(15-11)9-3-5-10(13)6-4-9;/h3-6,8H,7,14H2,1-2H3;1H/q+1;/p-1. The summed E-state index contributed by atoms with van der Waals surface area (Å²) in [5.41, 5.74) is 2.11. The Morgan fingerprint density at radius 1 is 1.28 bits per heavy atom. The predicted molar refractivity (Wildman–Crippen MR) is 72.6 cm³/mol. The summed E-state index contributed by atoms with van der Waals surface area (Å²) in [5, 5.41) is 3.80. The predicted octanol–water partition coefficient (Wildman–Crippen LogP) is -0.0824. The lowest BCUT2D eigenvalue weighted by Gasteiger charge is -2.20. The number of quaternary nitrogens is 1. The lowest BCUT2D eigenvalue weighted by molar-refractivity contribution is -0.915. The van der Waals surface area contributed by atoms with E-state index in [0.717, 1.165) is 27.8 Å². The maximum Gasteiger partial charge on any atom is 0.139 e. The van der Waals surface area contributed by atoms with Gasteiger partial charge >= 0.3 is 0 Å². The molecule has 0 aliphatic heterocycles. The van der Waals surface area contributed by atoms with Crippen LogP contribution in [0, 0.1) is 0 Å². The Bertz CT molecular complexity index is 503. The van der Waals surface area contributed by atoms with E-state index in [-0.39, 0.29) is 12.4 Å². The highest BCUT2D eigenvalue weighted by atomic mass is 35.5. The minimum Gasteiger partial charge on any atom is -1.00 e. The molecular formula is C12H15Cl2N3S. The molecular weight excluding hydrogens is 289 g/mol. The summed E-state index contributed by atoms with van der Waals surface area (Å²) in [7, 11) is 3.89. The van der Waals surface area contributed by atoms with E-state index in [0.29, 0.717) is 4.59 Å². The Labute approximate surface area is 122 Å². The average Bonchev–Trinajstić information content (AvgIpc) is 2.64. The second kappa shape index (κ2) is 5.99. The number of hydrogen-bond acceptors (Lipinski definition) is 3. The number of nitrogens with two attached hydrogens (primary N) is 1. The third-order valence-corrected chi connectivity index (χ3v) is 3.40. The molecule has 0 amide bonds. The maximum absolute atomic E-state index is 5.92. The van der Waals surface area contributed by atoms with Crippen molar-refractivity contribution in [2.45, 2.75) is 6.54 Å². The van der Waals surface area contributed by atoms with E-state index in [1.807, 2.05) is 38.4 Å². The van der Waals surface area contributed by atoms with Gasteiger partial charge in [0.2, 0.25) is 0 Å². The Kier molecular flexibility index (Phi) is 5.13. The van der Waals surface area contributed by atoms with E-state index in [4.69, 9.17) is 17.4 Å². The van der Waals surface area contributed by atoms with E-state index >= 15 is 0 Å². The average molecular weight is 304 g/mol.